The van der Waals surface area contributed by atoms with Gasteiger partial charge in [-0.25, -0.2) is 4.39 Å². The summed E-state index contributed by atoms with van der Waals surface area (Å²) >= 11 is 0. The van der Waals surface area contributed by atoms with E-state index >= 15 is 0 Å². The molecule has 0 amide bonds. The molecule has 7 heteroatoms. The maximum atomic E-state index is 13.3. The third kappa shape index (κ3) is 3.37. The van der Waals surface area contributed by atoms with Gasteiger partial charge in [0.1, 0.15) is 11.5 Å². The van der Waals surface area contributed by atoms with Crippen LogP contribution in [-0.4, -0.2) is 51.3 Å². The van der Waals surface area contributed by atoms with E-state index in [-0.39, 0.29) is 5.82 Å². The van der Waals surface area contributed by atoms with Crippen LogP contribution in [0.25, 0.3) is 11.0 Å². The van der Waals surface area contributed by atoms with Crippen molar-refractivity contribution in [3.05, 3.63) is 46.7 Å². The molecule has 5 rings (SSSR count). The van der Waals surface area contributed by atoms with Gasteiger partial charge < -0.3 is 4.52 Å². The van der Waals surface area contributed by atoms with Crippen LogP contribution >= 0.6 is 0 Å². The number of hydrogen-bond acceptors (Lipinski definition) is 5. The number of piperazine rings is 1. The van der Waals surface area contributed by atoms with E-state index in [9.17, 15) is 4.39 Å². The van der Waals surface area contributed by atoms with Crippen molar-refractivity contribution in [2.24, 2.45) is 0 Å². The third-order valence-electron chi connectivity index (χ3n) is 5.86. The molecular formula is C20H24FN5O. The number of H-pyrrole nitrogens is 1. The first-order valence-corrected chi connectivity index (χ1v) is 9.80. The second-order valence-corrected chi connectivity index (χ2v) is 7.66. The second-order valence-electron chi connectivity index (χ2n) is 7.66. The number of nitrogens with zero attached hydrogens (tertiary/aromatic N) is 4. The van der Waals surface area contributed by atoms with E-state index in [1.807, 2.05) is 0 Å². The largest absolute Gasteiger partial charge is 0.356 e. The lowest BCUT2D eigenvalue weighted by molar-refractivity contribution is 0.119. The Hall–Kier alpha value is -2.25. The highest BCUT2D eigenvalue weighted by Gasteiger charge is 2.23. The Morgan fingerprint density at radius 1 is 1.00 bits per heavy atom. The summed E-state index contributed by atoms with van der Waals surface area (Å²) in [4.78, 5) is 4.87. The van der Waals surface area contributed by atoms with Crippen LogP contribution in [0.5, 0.6) is 0 Å². The fourth-order valence-electron chi connectivity index (χ4n) is 4.29. The molecule has 0 radical (unpaired) electrons. The normalized spacial score (nSPS) is 18.9. The van der Waals surface area contributed by atoms with Crippen LogP contribution < -0.4 is 0 Å². The van der Waals surface area contributed by atoms with E-state index in [1.165, 1.54) is 48.3 Å². The minimum atomic E-state index is -0.292. The molecule has 2 aromatic heterocycles. The molecule has 1 N–H and O–H groups in total. The predicted octanol–water partition coefficient (Wildman–Crippen LogP) is 2.89. The number of hydrogen-bond donors (Lipinski definition) is 1. The van der Waals surface area contributed by atoms with Crippen molar-refractivity contribution in [2.45, 2.75) is 38.8 Å². The fraction of sp³-hybridized carbons (Fsp3) is 0.500. The Morgan fingerprint density at radius 3 is 2.56 bits per heavy atom. The summed E-state index contributed by atoms with van der Waals surface area (Å²) in [5, 5.41) is 12.9. The highest BCUT2D eigenvalue weighted by atomic mass is 19.1. The Morgan fingerprint density at radius 2 is 1.74 bits per heavy atom. The summed E-state index contributed by atoms with van der Waals surface area (Å²) in [5.41, 5.74) is 5.46. The van der Waals surface area contributed by atoms with Gasteiger partial charge in [0.2, 0.25) is 0 Å². The van der Waals surface area contributed by atoms with Gasteiger partial charge in [-0.2, -0.15) is 5.10 Å². The molecular weight excluding hydrogens is 345 g/mol. The van der Waals surface area contributed by atoms with Crippen molar-refractivity contribution in [1.82, 2.24) is 25.2 Å². The lowest BCUT2D eigenvalue weighted by Gasteiger charge is -2.34. The summed E-state index contributed by atoms with van der Waals surface area (Å²) in [6, 6.07) is 4.62. The van der Waals surface area contributed by atoms with Gasteiger partial charge in [-0.3, -0.25) is 14.9 Å². The average molecular weight is 369 g/mol. The van der Waals surface area contributed by atoms with Crippen molar-refractivity contribution >= 4 is 11.0 Å². The lowest BCUT2D eigenvalue weighted by atomic mass is 9.96. The van der Waals surface area contributed by atoms with Crippen LogP contribution in [-0.2, 0) is 25.9 Å². The monoisotopic (exact) mass is 369 g/mol. The molecule has 1 saturated heterocycles. The molecule has 1 aliphatic heterocycles. The molecule has 0 bridgehead atoms. The topological polar surface area (TPSA) is 61.2 Å². The van der Waals surface area contributed by atoms with Gasteiger partial charge >= 0.3 is 0 Å². The highest BCUT2D eigenvalue weighted by Crippen LogP contribution is 2.24. The van der Waals surface area contributed by atoms with Gasteiger partial charge in [0.05, 0.1) is 5.69 Å². The molecule has 3 aromatic rings. The van der Waals surface area contributed by atoms with Gasteiger partial charge in [-0.1, -0.05) is 5.16 Å². The van der Waals surface area contributed by atoms with E-state index < -0.39 is 0 Å². The SMILES string of the molecule is Fc1ccc2c(CN3CCN(Cc4n[nH]c5c4CCCC5)CC3)noc2c1. The maximum Gasteiger partial charge on any atom is 0.170 e. The van der Waals surface area contributed by atoms with E-state index in [1.54, 1.807) is 6.07 Å². The summed E-state index contributed by atoms with van der Waals surface area (Å²) < 4.78 is 18.6. The maximum absolute atomic E-state index is 13.3. The van der Waals surface area contributed by atoms with Gasteiger partial charge in [-0.15, -0.1) is 0 Å². The number of aromatic nitrogens is 3. The molecule has 3 heterocycles. The summed E-state index contributed by atoms with van der Waals surface area (Å²) in [6.45, 7) is 5.69. The molecule has 1 fully saturated rings. The fourth-order valence-corrected chi connectivity index (χ4v) is 4.29. The molecule has 0 unspecified atom stereocenters. The standard InChI is InChI=1S/C20H24FN5O/c21-14-5-6-16-19(24-27-20(16)11-14)13-26-9-7-25(8-10-26)12-18-15-3-1-2-4-17(15)22-23-18/h5-6,11H,1-4,7-10,12-13H2,(H,22,23). The molecule has 27 heavy (non-hydrogen) atoms. The van der Waals surface area contributed by atoms with Crippen molar-refractivity contribution in [3.8, 4) is 0 Å². The molecule has 0 atom stereocenters. The van der Waals surface area contributed by atoms with E-state index in [4.69, 9.17) is 4.52 Å². The first-order valence-electron chi connectivity index (χ1n) is 9.80. The summed E-state index contributed by atoms with van der Waals surface area (Å²) in [5.74, 6) is -0.292. The zero-order chi connectivity index (χ0) is 18.2. The van der Waals surface area contributed by atoms with Crippen molar-refractivity contribution < 1.29 is 8.91 Å². The van der Waals surface area contributed by atoms with E-state index in [0.29, 0.717) is 5.58 Å². The summed E-state index contributed by atoms with van der Waals surface area (Å²) in [6.07, 6.45) is 4.87. The minimum absolute atomic E-state index is 0.292. The Kier molecular flexibility index (Phi) is 4.41. The molecule has 0 saturated carbocycles. The van der Waals surface area contributed by atoms with Crippen LogP contribution in [0.4, 0.5) is 4.39 Å². The van der Waals surface area contributed by atoms with Crippen molar-refractivity contribution in [1.29, 1.82) is 0 Å². The third-order valence-corrected chi connectivity index (χ3v) is 5.86. The number of halogens is 1. The number of aromatic amines is 1. The van der Waals surface area contributed by atoms with Crippen molar-refractivity contribution in [3.63, 3.8) is 0 Å². The molecule has 1 aromatic carbocycles. The molecule has 1 aliphatic carbocycles. The smallest absolute Gasteiger partial charge is 0.170 e. The van der Waals surface area contributed by atoms with E-state index in [0.717, 1.165) is 56.8 Å². The first-order chi connectivity index (χ1) is 13.3. The number of fused-ring (bicyclic) bond motifs is 2. The van der Waals surface area contributed by atoms with Crippen LogP contribution in [0.1, 0.15) is 35.5 Å². The quantitative estimate of drug-likeness (QED) is 0.766. The first kappa shape index (κ1) is 16.9. The molecule has 142 valence electrons. The minimum Gasteiger partial charge on any atom is -0.356 e. The second kappa shape index (κ2) is 7.05. The van der Waals surface area contributed by atoms with E-state index in [2.05, 4.69) is 25.2 Å². The lowest BCUT2D eigenvalue weighted by Crippen LogP contribution is -2.45. The van der Waals surface area contributed by atoms with Gasteiger partial charge in [-0.05, 0) is 43.4 Å². The summed E-state index contributed by atoms with van der Waals surface area (Å²) in [7, 11) is 0. The van der Waals surface area contributed by atoms with Crippen LogP contribution in [0, 0.1) is 5.82 Å². The highest BCUT2D eigenvalue weighted by molar-refractivity contribution is 5.79. The molecule has 6 nitrogen and oxygen atoms in total. The predicted molar refractivity (Wildman–Crippen MR) is 99.8 cm³/mol. The average Bonchev–Trinajstić information content (AvgIpc) is 3.27. The van der Waals surface area contributed by atoms with Crippen molar-refractivity contribution in [2.75, 3.05) is 26.2 Å². The van der Waals surface area contributed by atoms with Gasteiger partial charge in [0.15, 0.2) is 5.58 Å². The molecule has 0 spiro atoms. The number of aryl methyl sites for hydroxylation is 1. The van der Waals surface area contributed by atoms with Gasteiger partial charge in [0, 0.05) is 56.4 Å². The van der Waals surface area contributed by atoms with Gasteiger partial charge in [0.25, 0.3) is 0 Å². The zero-order valence-corrected chi connectivity index (χ0v) is 15.4. The van der Waals surface area contributed by atoms with Crippen LogP contribution in [0.2, 0.25) is 0 Å². The van der Waals surface area contributed by atoms with Crippen LogP contribution in [0.15, 0.2) is 22.7 Å². The Bertz CT molecular complexity index is 941. The van der Waals surface area contributed by atoms with Crippen LogP contribution in [0.3, 0.4) is 0 Å². The zero-order valence-electron chi connectivity index (χ0n) is 15.4. The number of rotatable bonds is 4. The number of nitrogens with one attached hydrogen (secondary N) is 1. The Labute approximate surface area is 157 Å². The Balaban J connectivity index is 1.19. The number of benzene rings is 1. The molecule has 2 aliphatic rings.